The van der Waals surface area contributed by atoms with E-state index in [9.17, 15) is 8.42 Å². The lowest BCUT2D eigenvalue weighted by Crippen LogP contribution is -2.43. The maximum absolute atomic E-state index is 12.1. The highest BCUT2D eigenvalue weighted by Gasteiger charge is 2.28. The fraction of sp³-hybridized carbons (Fsp3) is 0.600. The van der Waals surface area contributed by atoms with Crippen molar-refractivity contribution in [1.82, 2.24) is 4.72 Å². The molecule has 0 aromatic heterocycles. The van der Waals surface area contributed by atoms with Crippen molar-refractivity contribution < 1.29 is 8.42 Å². The lowest BCUT2D eigenvalue weighted by molar-refractivity contribution is 0.388. The minimum Gasteiger partial charge on any atom is -0.367 e. The van der Waals surface area contributed by atoms with Crippen molar-refractivity contribution in [1.29, 1.82) is 0 Å². The Balaban J connectivity index is 1.75. The summed E-state index contributed by atoms with van der Waals surface area (Å²) in [5.41, 5.74) is 6.76. The maximum Gasteiger partial charge on any atom is 0.240 e. The Morgan fingerprint density at radius 3 is 2.29 bits per heavy atom. The molecule has 1 aromatic carbocycles. The first-order chi connectivity index (χ1) is 10.1. The lowest BCUT2D eigenvalue weighted by atomic mass is 9.91. The van der Waals surface area contributed by atoms with Crippen LogP contribution in [0.1, 0.15) is 32.1 Å². The summed E-state index contributed by atoms with van der Waals surface area (Å²) in [5, 5.41) is 0. The van der Waals surface area contributed by atoms with Gasteiger partial charge >= 0.3 is 0 Å². The largest absolute Gasteiger partial charge is 0.367 e. The monoisotopic (exact) mass is 309 g/mol. The van der Waals surface area contributed by atoms with Crippen molar-refractivity contribution >= 4 is 15.7 Å². The molecule has 2 aliphatic rings. The fourth-order valence-corrected chi connectivity index (χ4v) is 3.97. The van der Waals surface area contributed by atoms with Crippen LogP contribution in [0, 0.1) is 0 Å². The highest BCUT2D eigenvalue weighted by atomic mass is 32.2. The molecular formula is C15H23N3O2S. The fourth-order valence-electron chi connectivity index (χ4n) is 2.67. The molecule has 0 spiro atoms. The van der Waals surface area contributed by atoms with Crippen molar-refractivity contribution in [3.05, 3.63) is 24.3 Å². The molecule has 2 saturated carbocycles. The van der Waals surface area contributed by atoms with E-state index in [1.54, 1.807) is 12.1 Å². The molecule has 116 valence electrons. The predicted octanol–water partition coefficient (Wildman–Crippen LogP) is 1.44. The summed E-state index contributed by atoms with van der Waals surface area (Å²) in [7, 11) is -3.36. The van der Waals surface area contributed by atoms with Crippen LogP contribution in [0.15, 0.2) is 29.2 Å². The normalized spacial score (nSPS) is 19.3. The van der Waals surface area contributed by atoms with Crippen LogP contribution in [-0.4, -0.2) is 33.6 Å². The van der Waals surface area contributed by atoms with Gasteiger partial charge in [0.15, 0.2) is 0 Å². The number of nitrogens with one attached hydrogen (secondary N) is 1. The molecule has 0 unspecified atom stereocenters. The molecule has 0 radical (unpaired) electrons. The van der Waals surface area contributed by atoms with Gasteiger partial charge in [-0.3, -0.25) is 0 Å². The van der Waals surface area contributed by atoms with E-state index in [1.165, 1.54) is 19.3 Å². The average molecular weight is 309 g/mol. The third-order valence-electron chi connectivity index (χ3n) is 4.26. The van der Waals surface area contributed by atoms with E-state index in [1.807, 2.05) is 12.1 Å². The molecule has 6 heteroatoms. The summed E-state index contributed by atoms with van der Waals surface area (Å²) >= 11 is 0. The number of benzene rings is 1. The molecule has 0 atom stereocenters. The zero-order chi connectivity index (χ0) is 14.9. The molecule has 2 aliphatic carbocycles. The van der Waals surface area contributed by atoms with Crippen LogP contribution >= 0.6 is 0 Å². The molecule has 0 bridgehead atoms. The molecule has 1 aromatic rings. The Morgan fingerprint density at radius 2 is 1.81 bits per heavy atom. The Kier molecular flexibility index (Phi) is 4.19. The molecule has 2 fully saturated rings. The number of nitrogens with zero attached hydrogens (tertiary/aromatic N) is 1. The van der Waals surface area contributed by atoms with Gasteiger partial charge in [-0.25, -0.2) is 13.1 Å². The van der Waals surface area contributed by atoms with Crippen LogP contribution < -0.4 is 15.4 Å². The first kappa shape index (κ1) is 14.8. The minimum atomic E-state index is -3.36. The Hall–Kier alpha value is -1.11. The van der Waals surface area contributed by atoms with E-state index < -0.39 is 10.0 Å². The van der Waals surface area contributed by atoms with Crippen LogP contribution in [0.5, 0.6) is 0 Å². The molecule has 0 heterocycles. The van der Waals surface area contributed by atoms with E-state index >= 15 is 0 Å². The second-order valence-electron chi connectivity index (χ2n) is 5.96. The van der Waals surface area contributed by atoms with Crippen LogP contribution in [0.25, 0.3) is 0 Å². The number of hydrogen-bond acceptors (Lipinski definition) is 4. The van der Waals surface area contributed by atoms with Gasteiger partial charge in [-0.2, -0.15) is 0 Å². The third-order valence-corrected chi connectivity index (χ3v) is 5.80. The zero-order valence-corrected chi connectivity index (χ0v) is 13.0. The predicted molar refractivity (Wildman–Crippen MR) is 83.8 cm³/mol. The first-order valence-corrected chi connectivity index (χ1v) is 9.17. The van der Waals surface area contributed by atoms with Crippen LogP contribution in [0.2, 0.25) is 0 Å². The van der Waals surface area contributed by atoms with Crippen molar-refractivity contribution in [3.8, 4) is 0 Å². The highest BCUT2D eigenvalue weighted by molar-refractivity contribution is 7.89. The summed E-state index contributed by atoms with van der Waals surface area (Å²) in [4.78, 5) is 2.65. The van der Waals surface area contributed by atoms with Gasteiger partial charge in [-0.1, -0.05) is 0 Å². The number of anilines is 1. The van der Waals surface area contributed by atoms with Crippen molar-refractivity contribution in [3.63, 3.8) is 0 Å². The highest BCUT2D eigenvalue weighted by Crippen LogP contribution is 2.30. The summed E-state index contributed by atoms with van der Waals surface area (Å²) in [5.74, 6) is 0. The van der Waals surface area contributed by atoms with Crippen molar-refractivity contribution in [2.24, 2.45) is 5.73 Å². The minimum absolute atomic E-state index is 0.137. The van der Waals surface area contributed by atoms with E-state index in [4.69, 9.17) is 5.73 Å². The number of hydrogen-bond donors (Lipinski definition) is 2. The van der Waals surface area contributed by atoms with Gasteiger partial charge in [0.05, 0.1) is 4.90 Å². The number of sulfonamides is 1. The van der Waals surface area contributed by atoms with Crippen LogP contribution in [0.3, 0.4) is 0 Å². The van der Waals surface area contributed by atoms with E-state index in [0.29, 0.717) is 17.5 Å². The van der Waals surface area contributed by atoms with Gasteiger partial charge < -0.3 is 10.6 Å². The van der Waals surface area contributed by atoms with Crippen LogP contribution in [0.4, 0.5) is 5.69 Å². The van der Waals surface area contributed by atoms with E-state index in [2.05, 4.69) is 9.62 Å². The third kappa shape index (κ3) is 3.39. The van der Waals surface area contributed by atoms with Crippen molar-refractivity contribution in [2.75, 3.05) is 18.0 Å². The number of rotatable bonds is 7. The summed E-state index contributed by atoms with van der Waals surface area (Å²) in [6.07, 6.45) is 5.56. The molecule has 0 saturated heterocycles. The summed E-state index contributed by atoms with van der Waals surface area (Å²) in [6, 6.07) is 7.88. The molecule has 0 aliphatic heterocycles. The molecule has 3 N–H and O–H groups in total. The van der Waals surface area contributed by atoms with Gasteiger partial charge in [0.1, 0.15) is 0 Å². The number of nitrogens with two attached hydrogens (primary N) is 1. The maximum atomic E-state index is 12.1. The second kappa shape index (κ2) is 5.94. The smallest absolute Gasteiger partial charge is 0.240 e. The second-order valence-corrected chi connectivity index (χ2v) is 7.67. The van der Waals surface area contributed by atoms with Gasteiger partial charge in [0.25, 0.3) is 0 Å². The topological polar surface area (TPSA) is 75.4 Å². The van der Waals surface area contributed by atoms with Gasteiger partial charge in [0.2, 0.25) is 10.0 Å². The van der Waals surface area contributed by atoms with Gasteiger partial charge in [-0.05, 0) is 56.4 Å². The Labute approximate surface area is 126 Å². The van der Waals surface area contributed by atoms with E-state index in [-0.39, 0.29) is 6.04 Å². The SMILES string of the molecule is NCCN(c1ccc(S(=O)(=O)NC2CC2)cc1)C1CCC1. The molecule has 21 heavy (non-hydrogen) atoms. The zero-order valence-electron chi connectivity index (χ0n) is 12.2. The molecular weight excluding hydrogens is 286 g/mol. The lowest BCUT2D eigenvalue weighted by Gasteiger charge is -2.39. The summed E-state index contributed by atoms with van der Waals surface area (Å²) in [6.45, 7) is 1.43. The first-order valence-electron chi connectivity index (χ1n) is 7.69. The Morgan fingerprint density at radius 1 is 1.14 bits per heavy atom. The molecule has 5 nitrogen and oxygen atoms in total. The van der Waals surface area contributed by atoms with Crippen molar-refractivity contribution in [2.45, 2.75) is 49.1 Å². The van der Waals surface area contributed by atoms with Gasteiger partial charge in [0, 0.05) is 30.9 Å². The average Bonchev–Trinajstić information content (AvgIpc) is 3.20. The molecule has 3 rings (SSSR count). The van der Waals surface area contributed by atoms with Crippen LogP contribution in [-0.2, 0) is 10.0 Å². The quantitative estimate of drug-likeness (QED) is 0.799. The van der Waals surface area contributed by atoms with Gasteiger partial charge in [-0.15, -0.1) is 0 Å². The summed E-state index contributed by atoms with van der Waals surface area (Å²) < 4.78 is 27.0. The standard InChI is InChI=1S/C15H23N3O2S/c16-10-11-18(13-2-1-3-13)14-6-8-15(9-7-14)21(19,20)17-12-4-5-12/h6-9,12-13,17H,1-5,10-11,16H2. The molecule has 0 amide bonds. The Bertz CT molecular complexity index is 577. The van der Waals surface area contributed by atoms with E-state index in [0.717, 1.165) is 25.1 Å².